The van der Waals surface area contributed by atoms with Gasteiger partial charge in [-0.2, -0.15) is 0 Å². The van der Waals surface area contributed by atoms with Gasteiger partial charge in [0.25, 0.3) is 0 Å². The quantitative estimate of drug-likeness (QED) is 0.127. The molecule has 40 heavy (non-hydrogen) atoms. The summed E-state index contributed by atoms with van der Waals surface area (Å²) >= 11 is 2.42. The van der Waals surface area contributed by atoms with Crippen LogP contribution < -0.4 is 31.8 Å². The Morgan fingerprint density at radius 2 is 0.375 bits per heavy atom. The summed E-state index contributed by atoms with van der Waals surface area (Å²) in [4.78, 5) is 0. The maximum Gasteiger partial charge on any atom is -0.0134 e. The summed E-state index contributed by atoms with van der Waals surface area (Å²) in [6, 6.07) is 64.7. The first-order valence-electron chi connectivity index (χ1n) is 12.9. The molecule has 6 rings (SSSR count). The molecular formula is C36H30AgClP2. The second kappa shape index (κ2) is 17.1. The Balaban J connectivity index is 0.000000174. The molecule has 0 aliphatic heterocycles. The molecule has 0 nitrogen and oxygen atoms in total. The van der Waals surface area contributed by atoms with Crippen molar-refractivity contribution < 1.29 is 20.0 Å². The minimum atomic E-state index is -0.446. The molecule has 0 amide bonds. The van der Waals surface area contributed by atoms with Gasteiger partial charge in [0.05, 0.1) is 0 Å². The number of benzene rings is 6. The zero-order valence-corrected chi connectivity index (χ0v) is 25.9. The second-order valence-corrected chi connectivity index (χ2v) is 13.1. The van der Waals surface area contributed by atoms with Crippen LogP contribution in [-0.4, -0.2) is 0 Å². The summed E-state index contributed by atoms with van der Waals surface area (Å²) < 4.78 is 0. The minimum absolute atomic E-state index is 0.446. The van der Waals surface area contributed by atoms with Crippen LogP contribution in [0.15, 0.2) is 182 Å². The molecule has 0 fully saturated rings. The summed E-state index contributed by atoms with van der Waals surface area (Å²) in [5.74, 6) is 0. The molecule has 4 heteroatoms. The van der Waals surface area contributed by atoms with Gasteiger partial charge in [-0.3, -0.25) is 0 Å². The largest absolute Gasteiger partial charge is 0.0622 e. The third kappa shape index (κ3) is 8.60. The predicted octanol–water partition coefficient (Wildman–Crippen LogP) is 7.58. The molecule has 0 aliphatic rings. The molecule has 0 aliphatic carbocycles. The van der Waals surface area contributed by atoms with E-state index in [0.717, 1.165) is 0 Å². The van der Waals surface area contributed by atoms with E-state index in [1.165, 1.54) is 31.8 Å². The second-order valence-electron chi connectivity index (χ2n) is 8.68. The van der Waals surface area contributed by atoms with Gasteiger partial charge in [0.15, 0.2) is 0 Å². The van der Waals surface area contributed by atoms with E-state index in [9.17, 15) is 0 Å². The molecule has 0 radical (unpaired) electrons. The molecule has 0 spiro atoms. The van der Waals surface area contributed by atoms with Gasteiger partial charge in [-0.25, -0.2) is 0 Å². The van der Waals surface area contributed by atoms with Crippen molar-refractivity contribution in [2.45, 2.75) is 0 Å². The fraction of sp³-hybridized carbons (Fsp3) is 0. The van der Waals surface area contributed by atoms with Crippen LogP contribution in [0.1, 0.15) is 0 Å². The smallest absolute Gasteiger partial charge is 0.0134 e. The fourth-order valence-corrected chi connectivity index (χ4v) is 8.97. The SMILES string of the molecule is [Cl][Ag].c1ccc(P(c2ccccc2)c2ccccc2)cc1.c1ccc(P(c2ccccc2)c2ccccc2)cc1. The van der Waals surface area contributed by atoms with E-state index in [4.69, 9.17) is 0 Å². The van der Waals surface area contributed by atoms with Crippen LogP contribution in [0.25, 0.3) is 0 Å². The third-order valence-electron chi connectivity index (χ3n) is 6.09. The zero-order chi connectivity index (χ0) is 27.8. The van der Waals surface area contributed by atoms with Crippen molar-refractivity contribution in [2.24, 2.45) is 0 Å². The number of hydrogen-bond acceptors (Lipinski definition) is 0. The first-order chi connectivity index (χ1) is 19.9. The van der Waals surface area contributed by atoms with Crippen LogP contribution in [0.4, 0.5) is 0 Å². The van der Waals surface area contributed by atoms with E-state index in [1.54, 1.807) is 0 Å². The molecule has 0 saturated carbocycles. The first kappa shape index (κ1) is 30.2. The van der Waals surface area contributed by atoms with Gasteiger partial charge in [-0.1, -0.05) is 182 Å². The first-order valence-corrected chi connectivity index (χ1v) is 17.5. The Morgan fingerprint density at radius 1 is 0.250 bits per heavy atom. The summed E-state index contributed by atoms with van der Waals surface area (Å²) in [5, 5.41) is 8.39. The molecule has 0 atom stereocenters. The fourth-order valence-electron chi connectivity index (χ4n) is 4.36. The maximum absolute atomic E-state index is 4.45. The molecule has 0 saturated heterocycles. The Kier molecular flexibility index (Phi) is 12.9. The summed E-state index contributed by atoms with van der Waals surface area (Å²) in [6.45, 7) is 0. The summed E-state index contributed by atoms with van der Waals surface area (Å²) in [7, 11) is 3.56. The topological polar surface area (TPSA) is 0 Å². The molecule has 202 valence electrons. The number of hydrogen-bond donors (Lipinski definition) is 0. The van der Waals surface area contributed by atoms with Crippen molar-refractivity contribution in [2.75, 3.05) is 0 Å². The number of halogens is 1. The van der Waals surface area contributed by atoms with Gasteiger partial charge >= 0.3 is 29.2 Å². The average molecular weight is 668 g/mol. The van der Waals surface area contributed by atoms with Crippen molar-refractivity contribution in [1.29, 1.82) is 0 Å². The van der Waals surface area contributed by atoms with Gasteiger partial charge in [0.1, 0.15) is 0 Å². The summed E-state index contributed by atoms with van der Waals surface area (Å²) in [6.07, 6.45) is 0. The normalized spacial score (nSPS) is 10.2. The maximum atomic E-state index is 4.45. The molecule has 0 N–H and O–H groups in total. The van der Waals surface area contributed by atoms with Crippen LogP contribution >= 0.6 is 25.0 Å². The third-order valence-corrected chi connectivity index (χ3v) is 11.0. The molecule has 0 bridgehead atoms. The Hall–Kier alpha value is -2.79. The van der Waals surface area contributed by atoms with Gasteiger partial charge in [0, 0.05) is 0 Å². The standard InChI is InChI=1S/2C18H15P.Ag.ClH/c2*1-4-10-16(11-5-1)19(17-12-6-2-7-13-17)18-14-8-3-9-15-18;;/h2*1-15H;;1H/q;;+1;/p-1. The van der Waals surface area contributed by atoms with E-state index in [1.807, 2.05) is 0 Å². The van der Waals surface area contributed by atoms with Crippen LogP contribution in [-0.2, 0) is 20.0 Å². The van der Waals surface area contributed by atoms with Gasteiger partial charge in [-0.05, 0) is 47.7 Å². The minimum Gasteiger partial charge on any atom is -0.0622 e. The van der Waals surface area contributed by atoms with Crippen molar-refractivity contribution in [3.63, 3.8) is 0 Å². The zero-order valence-electron chi connectivity index (χ0n) is 21.9. The Morgan fingerprint density at radius 3 is 0.500 bits per heavy atom. The van der Waals surface area contributed by atoms with Crippen molar-refractivity contribution in [3.05, 3.63) is 182 Å². The molecule has 0 heterocycles. The molecule has 6 aromatic rings. The monoisotopic (exact) mass is 666 g/mol. The molecule has 6 aromatic carbocycles. The molecular weight excluding hydrogens is 638 g/mol. The van der Waals surface area contributed by atoms with Crippen LogP contribution in [0, 0.1) is 0 Å². The number of rotatable bonds is 6. The van der Waals surface area contributed by atoms with E-state index >= 15 is 0 Å². The van der Waals surface area contributed by atoms with E-state index < -0.39 is 15.8 Å². The van der Waals surface area contributed by atoms with Gasteiger partial charge in [0.2, 0.25) is 0 Å². The summed E-state index contributed by atoms with van der Waals surface area (Å²) in [5.41, 5.74) is 0. The van der Waals surface area contributed by atoms with Gasteiger partial charge in [-0.15, -0.1) is 0 Å². The average Bonchev–Trinajstić information content (AvgIpc) is 3.06. The van der Waals surface area contributed by atoms with Crippen LogP contribution in [0.2, 0.25) is 0 Å². The van der Waals surface area contributed by atoms with Crippen LogP contribution in [0.3, 0.4) is 0 Å². The van der Waals surface area contributed by atoms with E-state index in [2.05, 4.69) is 211 Å². The van der Waals surface area contributed by atoms with E-state index in [-0.39, 0.29) is 0 Å². The molecule has 0 aromatic heterocycles. The van der Waals surface area contributed by atoms with E-state index in [0.29, 0.717) is 0 Å². The Labute approximate surface area is 257 Å². The van der Waals surface area contributed by atoms with Gasteiger partial charge < -0.3 is 0 Å². The van der Waals surface area contributed by atoms with Crippen LogP contribution in [0.5, 0.6) is 0 Å². The molecule has 0 unspecified atom stereocenters. The Bertz CT molecular complexity index is 1180. The van der Waals surface area contributed by atoms with Crippen molar-refractivity contribution in [3.8, 4) is 0 Å². The predicted molar refractivity (Wildman–Crippen MR) is 176 cm³/mol. The van der Waals surface area contributed by atoms with Crippen molar-refractivity contribution >= 4 is 56.9 Å². The van der Waals surface area contributed by atoms with Crippen molar-refractivity contribution in [1.82, 2.24) is 0 Å².